The Hall–Kier alpha value is -2.37. The maximum atomic E-state index is 13.8. The van der Waals surface area contributed by atoms with Crippen molar-refractivity contribution in [3.05, 3.63) is 48.0 Å². The Morgan fingerprint density at radius 1 is 1.33 bits per heavy atom. The first-order valence-corrected chi connectivity index (χ1v) is 9.72. The van der Waals surface area contributed by atoms with Crippen molar-refractivity contribution in [2.45, 2.75) is 57.7 Å². The van der Waals surface area contributed by atoms with Gasteiger partial charge >= 0.3 is 0 Å². The van der Waals surface area contributed by atoms with Gasteiger partial charge in [0.1, 0.15) is 5.82 Å². The van der Waals surface area contributed by atoms with Crippen molar-refractivity contribution in [3.63, 3.8) is 0 Å². The van der Waals surface area contributed by atoms with E-state index < -0.39 is 0 Å². The summed E-state index contributed by atoms with van der Waals surface area (Å²) in [5.41, 5.74) is 1.18. The SMILES string of the molecule is CCn1cc(C(=O)N2CCCC23CN(c2cccc(F)c2)C(C)(C)C3)cn1. The number of carbonyl (C=O) groups excluding carboxylic acids is 1. The Labute approximate surface area is 159 Å². The number of aromatic nitrogens is 2. The summed E-state index contributed by atoms with van der Waals surface area (Å²) in [5, 5.41) is 4.26. The monoisotopic (exact) mass is 370 g/mol. The van der Waals surface area contributed by atoms with Gasteiger partial charge in [0.25, 0.3) is 5.91 Å². The molecule has 0 aliphatic carbocycles. The number of nitrogens with zero attached hydrogens (tertiary/aromatic N) is 4. The van der Waals surface area contributed by atoms with E-state index in [0.717, 1.165) is 44.6 Å². The lowest BCUT2D eigenvalue weighted by Crippen LogP contribution is -2.49. The number of anilines is 1. The number of hydrogen-bond donors (Lipinski definition) is 0. The van der Waals surface area contributed by atoms with Crippen LogP contribution in [0.1, 0.15) is 50.4 Å². The molecule has 1 atom stereocenters. The van der Waals surface area contributed by atoms with Gasteiger partial charge in [-0.1, -0.05) is 6.07 Å². The Morgan fingerprint density at radius 3 is 2.85 bits per heavy atom. The normalized spacial score (nSPS) is 24.1. The van der Waals surface area contributed by atoms with Crippen LogP contribution in [-0.2, 0) is 6.54 Å². The van der Waals surface area contributed by atoms with Gasteiger partial charge < -0.3 is 9.80 Å². The van der Waals surface area contributed by atoms with Gasteiger partial charge in [-0.25, -0.2) is 4.39 Å². The third-order valence-electron chi connectivity index (χ3n) is 6.11. The molecule has 0 saturated carbocycles. The molecule has 0 bridgehead atoms. The van der Waals surface area contributed by atoms with Crippen LogP contribution in [0.3, 0.4) is 0 Å². The minimum Gasteiger partial charge on any atom is -0.364 e. The van der Waals surface area contributed by atoms with Gasteiger partial charge in [0.15, 0.2) is 0 Å². The van der Waals surface area contributed by atoms with Gasteiger partial charge in [0.05, 0.1) is 17.3 Å². The van der Waals surface area contributed by atoms with Crippen molar-refractivity contribution < 1.29 is 9.18 Å². The molecule has 3 heterocycles. The average Bonchev–Trinajstić information content (AvgIpc) is 3.32. The fourth-order valence-corrected chi connectivity index (χ4v) is 4.96. The van der Waals surface area contributed by atoms with Gasteiger partial charge in [0, 0.05) is 37.1 Å². The van der Waals surface area contributed by atoms with Crippen molar-refractivity contribution in [3.8, 4) is 0 Å². The second-order valence-corrected chi connectivity index (χ2v) is 8.42. The predicted molar refractivity (Wildman–Crippen MR) is 103 cm³/mol. The van der Waals surface area contributed by atoms with Gasteiger partial charge in [-0.3, -0.25) is 9.48 Å². The lowest BCUT2D eigenvalue weighted by Gasteiger charge is -2.35. The molecule has 1 aromatic heterocycles. The fourth-order valence-electron chi connectivity index (χ4n) is 4.96. The number of amides is 1. The molecule has 144 valence electrons. The first kappa shape index (κ1) is 18.0. The highest BCUT2D eigenvalue weighted by Gasteiger charge is 2.55. The van der Waals surface area contributed by atoms with Crippen LogP contribution in [0.4, 0.5) is 10.1 Å². The van der Waals surface area contributed by atoms with Crippen LogP contribution in [-0.4, -0.2) is 44.8 Å². The summed E-state index contributed by atoms with van der Waals surface area (Å²) >= 11 is 0. The van der Waals surface area contributed by atoms with E-state index in [9.17, 15) is 9.18 Å². The van der Waals surface area contributed by atoms with E-state index in [0.29, 0.717) is 5.56 Å². The summed E-state index contributed by atoms with van der Waals surface area (Å²) in [7, 11) is 0. The molecule has 2 aromatic rings. The van der Waals surface area contributed by atoms with E-state index in [4.69, 9.17) is 0 Å². The van der Waals surface area contributed by atoms with E-state index in [-0.39, 0.29) is 22.8 Å². The number of benzene rings is 1. The average molecular weight is 370 g/mol. The molecule has 2 aliphatic heterocycles. The maximum absolute atomic E-state index is 13.8. The number of hydrogen-bond acceptors (Lipinski definition) is 3. The first-order valence-electron chi connectivity index (χ1n) is 9.72. The highest BCUT2D eigenvalue weighted by Crippen LogP contribution is 2.47. The van der Waals surface area contributed by atoms with Crippen molar-refractivity contribution in [1.29, 1.82) is 0 Å². The molecule has 2 aliphatic rings. The van der Waals surface area contributed by atoms with Crippen LogP contribution in [0.25, 0.3) is 0 Å². The van der Waals surface area contributed by atoms with Gasteiger partial charge in [-0.15, -0.1) is 0 Å². The summed E-state index contributed by atoms with van der Waals surface area (Å²) in [6.07, 6.45) is 6.36. The second-order valence-electron chi connectivity index (χ2n) is 8.42. The van der Waals surface area contributed by atoms with Crippen molar-refractivity contribution in [2.24, 2.45) is 0 Å². The Bertz CT molecular complexity index is 861. The molecular formula is C21H27FN4O. The molecule has 2 fully saturated rings. The Morgan fingerprint density at radius 2 is 2.15 bits per heavy atom. The summed E-state index contributed by atoms with van der Waals surface area (Å²) in [6, 6.07) is 6.77. The third-order valence-corrected chi connectivity index (χ3v) is 6.11. The van der Waals surface area contributed by atoms with E-state index in [1.165, 1.54) is 6.07 Å². The van der Waals surface area contributed by atoms with E-state index >= 15 is 0 Å². The highest BCUT2D eigenvalue weighted by atomic mass is 19.1. The Kier molecular flexibility index (Phi) is 4.24. The van der Waals surface area contributed by atoms with Crippen LogP contribution in [0, 0.1) is 5.82 Å². The maximum Gasteiger partial charge on any atom is 0.257 e. The molecule has 27 heavy (non-hydrogen) atoms. The predicted octanol–water partition coefficient (Wildman–Crippen LogP) is 3.71. The summed E-state index contributed by atoms with van der Waals surface area (Å²) in [6.45, 7) is 8.62. The highest BCUT2D eigenvalue weighted by molar-refractivity contribution is 5.94. The summed E-state index contributed by atoms with van der Waals surface area (Å²) < 4.78 is 15.6. The molecule has 1 aromatic carbocycles. The lowest BCUT2D eigenvalue weighted by atomic mass is 9.87. The molecule has 1 spiro atoms. The van der Waals surface area contributed by atoms with E-state index in [1.54, 1.807) is 23.0 Å². The molecular weight excluding hydrogens is 343 g/mol. The number of halogens is 1. The molecule has 1 unspecified atom stereocenters. The number of aryl methyl sites for hydroxylation is 1. The van der Waals surface area contributed by atoms with Crippen LogP contribution in [0.15, 0.2) is 36.7 Å². The smallest absolute Gasteiger partial charge is 0.257 e. The van der Waals surface area contributed by atoms with E-state index in [2.05, 4.69) is 23.8 Å². The zero-order valence-electron chi connectivity index (χ0n) is 16.3. The standard InChI is InChI=1S/C21H27FN4O/c1-4-24-13-16(12-23-24)19(27)25-10-6-9-21(25)14-20(2,3)26(15-21)18-8-5-7-17(22)11-18/h5,7-8,11-13H,4,6,9-10,14-15H2,1-3H3. The molecule has 2 saturated heterocycles. The summed E-state index contributed by atoms with van der Waals surface area (Å²) in [5.74, 6) is -0.167. The van der Waals surface area contributed by atoms with Gasteiger partial charge in [-0.2, -0.15) is 5.10 Å². The van der Waals surface area contributed by atoms with Crippen LogP contribution in [0.2, 0.25) is 0 Å². The number of carbonyl (C=O) groups is 1. The topological polar surface area (TPSA) is 41.4 Å². The molecule has 4 rings (SSSR count). The zero-order chi connectivity index (χ0) is 19.2. The minimum atomic E-state index is -0.226. The largest absolute Gasteiger partial charge is 0.364 e. The van der Waals surface area contributed by atoms with Gasteiger partial charge in [-0.05, 0) is 58.2 Å². The fraction of sp³-hybridized carbons (Fsp3) is 0.524. The van der Waals surface area contributed by atoms with E-state index in [1.807, 2.05) is 24.1 Å². The molecule has 0 N–H and O–H groups in total. The summed E-state index contributed by atoms with van der Waals surface area (Å²) in [4.78, 5) is 17.5. The Balaban J connectivity index is 1.64. The van der Waals surface area contributed by atoms with Crippen LogP contribution >= 0.6 is 0 Å². The molecule has 6 heteroatoms. The second kappa shape index (κ2) is 6.36. The first-order chi connectivity index (χ1) is 12.8. The molecule has 1 amide bonds. The number of rotatable bonds is 3. The zero-order valence-corrected chi connectivity index (χ0v) is 16.3. The van der Waals surface area contributed by atoms with Crippen molar-refractivity contribution in [2.75, 3.05) is 18.0 Å². The van der Waals surface area contributed by atoms with Crippen molar-refractivity contribution in [1.82, 2.24) is 14.7 Å². The minimum absolute atomic E-state index is 0.0593. The van der Waals surface area contributed by atoms with Crippen LogP contribution in [0.5, 0.6) is 0 Å². The third kappa shape index (κ3) is 3.01. The molecule has 5 nitrogen and oxygen atoms in total. The molecule has 0 radical (unpaired) electrons. The quantitative estimate of drug-likeness (QED) is 0.827. The van der Waals surface area contributed by atoms with Crippen molar-refractivity contribution >= 4 is 11.6 Å². The number of likely N-dealkylation sites (tertiary alicyclic amines) is 1. The lowest BCUT2D eigenvalue weighted by molar-refractivity contribution is 0.0617. The van der Waals surface area contributed by atoms with Gasteiger partial charge in [0.2, 0.25) is 0 Å². The van der Waals surface area contributed by atoms with Crippen LogP contribution < -0.4 is 4.90 Å².